The number of carbonyl (C=O) groups excluding carboxylic acids is 1. The molecule has 0 aliphatic carbocycles. The minimum atomic E-state index is -0.329. The zero-order valence-electron chi connectivity index (χ0n) is 14.4. The standard InChI is InChI=1S/C21H22N2O2/c1-16-7-9-18(10-8-16)20(24)23-12-11-21(15-23)14-19(22-25-21)13-17-5-3-2-4-6-17/h2-10H,11-15H2,1H3. The van der Waals surface area contributed by atoms with Crippen LogP contribution in [0.1, 0.15) is 34.3 Å². The number of rotatable bonds is 3. The number of hydrogen-bond acceptors (Lipinski definition) is 3. The van der Waals surface area contributed by atoms with E-state index in [9.17, 15) is 4.79 Å². The van der Waals surface area contributed by atoms with Gasteiger partial charge in [-0.1, -0.05) is 53.2 Å². The van der Waals surface area contributed by atoms with E-state index in [2.05, 4.69) is 17.3 Å². The van der Waals surface area contributed by atoms with Crippen LogP contribution in [0.4, 0.5) is 0 Å². The Morgan fingerprint density at radius 1 is 1.16 bits per heavy atom. The Labute approximate surface area is 148 Å². The van der Waals surface area contributed by atoms with Crippen molar-refractivity contribution in [1.29, 1.82) is 0 Å². The van der Waals surface area contributed by atoms with Gasteiger partial charge >= 0.3 is 0 Å². The quantitative estimate of drug-likeness (QED) is 0.861. The highest BCUT2D eigenvalue weighted by Crippen LogP contribution is 2.35. The van der Waals surface area contributed by atoms with Gasteiger partial charge in [0.1, 0.15) is 0 Å². The Morgan fingerprint density at radius 2 is 1.92 bits per heavy atom. The Bertz CT molecular complexity index is 798. The van der Waals surface area contributed by atoms with E-state index in [0.29, 0.717) is 6.54 Å². The maximum absolute atomic E-state index is 12.7. The van der Waals surface area contributed by atoms with Crippen LogP contribution in [0.2, 0.25) is 0 Å². The largest absolute Gasteiger partial charge is 0.387 e. The van der Waals surface area contributed by atoms with Gasteiger partial charge < -0.3 is 9.74 Å². The Balaban J connectivity index is 1.39. The summed E-state index contributed by atoms with van der Waals surface area (Å²) in [7, 11) is 0. The summed E-state index contributed by atoms with van der Waals surface area (Å²) in [5.41, 5.74) is 3.88. The molecule has 2 aliphatic rings. The summed E-state index contributed by atoms with van der Waals surface area (Å²) in [6.45, 7) is 3.36. The molecule has 128 valence electrons. The number of oxime groups is 1. The molecule has 1 atom stereocenters. The zero-order chi connectivity index (χ0) is 17.3. The van der Waals surface area contributed by atoms with E-state index >= 15 is 0 Å². The van der Waals surface area contributed by atoms with Crippen LogP contribution in [0.15, 0.2) is 59.8 Å². The van der Waals surface area contributed by atoms with E-state index in [0.717, 1.165) is 42.6 Å². The van der Waals surface area contributed by atoms with Gasteiger partial charge in [0.25, 0.3) is 5.91 Å². The fraction of sp³-hybridized carbons (Fsp3) is 0.333. The van der Waals surface area contributed by atoms with Gasteiger partial charge in [0.2, 0.25) is 0 Å². The van der Waals surface area contributed by atoms with Crippen LogP contribution >= 0.6 is 0 Å². The van der Waals surface area contributed by atoms with Crippen molar-refractivity contribution in [3.8, 4) is 0 Å². The lowest BCUT2D eigenvalue weighted by Gasteiger charge is -2.22. The van der Waals surface area contributed by atoms with Crippen LogP contribution < -0.4 is 0 Å². The first-order valence-corrected chi connectivity index (χ1v) is 8.77. The normalized spacial score (nSPS) is 22.1. The van der Waals surface area contributed by atoms with Gasteiger partial charge in [0, 0.05) is 31.4 Å². The predicted molar refractivity (Wildman–Crippen MR) is 97.7 cm³/mol. The molecule has 1 saturated heterocycles. The lowest BCUT2D eigenvalue weighted by Crippen LogP contribution is -2.36. The summed E-state index contributed by atoms with van der Waals surface area (Å²) < 4.78 is 0. The second-order valence-corrected chi connectivity index (χ2v) is 7.11. The molecule has 1 unspecified atom stereocenters. The molecule has 4 heteroatoms. The van der Waals surface area contributed by atoms with Gasteiger partial charge in [0.15, 0.2) is 5.60 Å². The van der Waals surface area contributed by atoms with Crippen LogP contribution in [-0.4, -0.2) is 35.2 Å². The van der Waals surface area contributed by atoms with E-state index in [1.54, 1.807) is 0 Å². The third-order valence-electron chi connectivity index (χ3n) is 5.05. The monoisotopic (exact) mass is 334 g/mol. The topological polar surface area (TPSA) is 41.9 Å². The maximum Gasteiger partial charge on any atom is 0.253 e. The molecule has 4 rings (SSSR count). The fourth-order valence-corrected chi connectivity index (χ4v) is 3.64. The molecule has 2 aromatic rings. The molecule has 0 radical (unpaired) electrons. The predicted octanol–water partition coefficient (Wildman–Crippen LogP) is 3.60. The van der Waals surface area contributed by atoms with Gasteiger partial charge in [0.05, 0.1) is 12.3 Å². The van der Waals surface area contributed by atoms with Gasteiger partial charge in [-0.25, -0.2) is 0 Å². The number of benzene rings is 2. The molecule has 1 amide bonds. The molecule has 1 spiro atoms. The molecule has 4 nitrogen and oxygen atoms in total. The number of nitrogens with zero attached hydrogens (tertiary/aromatic N) is 2. The molecular weight excluding hydrogens is 312 g/mol. The maximum atomic E-state index is 12.7. The third-order valence-corrected chi connectivity index (χ3v) is 5.05. The van der Waals surface area contributed by atoms with Crippen molar-refractivity contribution >= 4 is 11.6 Å². The Hall–Kier alpha value is -2.62. The Morgan fingerprint density at radius 3 is 2.68 bits per heavy atom. The summed E-state index contributed by atoms with van der Waals surface area (Å²) in [4.78, 5) is 20.4. The number of carbonyl (C=O) groups is 1. The lowest BCUT2D eigenvalue weighted by atomic mass is 9.94. The van der Waals surface area contributed by atoms with E-state index in [-0.39, 0.29) is 11.5 Å². The molecule has 0 saturated carbocycles. The molecule has 0 bridgehead atoms. The second kappa shape index (κ2) is 6.36. The molecule has 2 aliphatic heterocycles. The van der Waals surface area contributed by atoms with Gasteiger partial charge in [-0.15, -0.1) is 0 Å². The molecule has 0 N–H and O–H groups in total. The number of amides is 1. The SMILES string of the molecule is Cc1ccc(C(=O)N2CCC3(CC(Cc4ccccc4)=NO3)C2)cc1. The first-order valence-electron chi connectivity index (χ1n) is 8.77. The summed E-state index contributed by atoms with van der Waals surface area (Å²) in [6.07, 6.45) is 2.46. The van der Waals surface area contributed by atoms with Crippen molar-refractivity contribution < 1.29 is 9.63 Å². The van der Waals surface area contributed by atoms with Crippen LogP contribution in [0.25, 0.3) is 0 Å². The average molecular weight is 334 g/mol. The first-order chi connectivity index (χ1) is 12.1. The molecule has 2 heterocycles. The third kappa shape index (κ3) is 3.29. The summed E-state index contributed by atoms with van der Waals surface area (Å²) >= 11 is 0. The van der Waals surface area contributed by atoms with Crippen LogP contribution in [-0.2, 0) is 11.3 Å². The van der Waals surface area contributed by atoms with Crippen LogP contribution in [0.3, 0.4) is 0 Å². The number of aryl methyl sites for hydroxylation is 1. The van der Waals surface area contributed by atoms with Crippen LogP contribution in [0.5, 0.6) is 0 Å². The number of hydrogen-bond donors (Lipinski definition) is 0. The van der Waals surface area contributed by atoms with E-state index in [4.69, 9.17) is 4.84 Å². The van der Waals surface area contributed by atoms with Crippen molar-refractivity contribution in [3.63, 3.8) is 0 Å². The first kappa shape index (κ1) is 15.9. The highest BCUT2D eigenvalue weighted by Gasteiger charge is 2.46. The smallest absolute Gasteiger partial charge is 0.253 e. The fourth-order valence-electron chi connectivity index (χ4n) is 3.64. The highest BCUT2D eigenvalue weighted by atomic mass is 16.7. The average Bonchev–Trinajstić information content (AvgIpc) is 3.23. The van der Waals surface area contributed by atoms with Gasteiger partial charge in [-0.3, -0.25) is 4.79 Å². The zero-order valence-corrected chi connectivity index (χ0v) is 14.4. The van der Waals surface area contributed by atoms with Crippen molar-refractivity contribution in [2.45, 2.75) is 31.8 Å². The minimum absolute atomic E-state index is 0.0805. The number of likely N-dealkylation sites (tertiary alicyclic amines) is 1. The van der Waals surface area contributed by atoms with E-state index in [1.807, 2.05) is 54.3 Å². The van der Waals surface area contributed by atoms with Gasteiger partial charge in [-0.2, -0.15) is 0 Å². The highest BCUT2D eigenvalue weighted by molar-refractivity contribution is 5.95. The molecule has 25 heavy (non-hydrogen) atoms. The van der Waals surface area contributed by atoms with Crippen molar-refractivity contribution in [2.75, 3.05) is 13.1 Å². The van der Waals surface area contributed by atoms with Crippen LogP contribution in [0, 0.1) is 6.92 Å². The lowest BCUT2D eigenvalue weighted by molar-refractivity contribution is -0.00917. The molecule has 0 aromatic heterocycles. The Kier molecular flexibility index (Phi) is 4.04. The summed E-state index contributed by atoms with van der Waals surface area (Å²) in [5, 5.41) is 4.32. The molecular formula is C21H22N2O2. The second-order valence-electron chi connectivity index (χ2n) is 7.11. The summed E-state index contributed by atoms with van der Waals surface area (Å²) in [5.74, 6) is 0.0805. The van der Waals surface area contributed by atoms with Gasteiger partial charge in [-0.05, 0) is 24.6 Å². The molecule has 1 fully saturated rings. The summed E-state index contributed by atoms with van der Waals surface area (Å²) in [6, 6.07) is 18.1. The van der Waals surface area contributed by atoms with Crippen molar-refractivity contribution in [3.05, 3.63) is 71.3 Å². The minimum Gasteiger partial charge on any atom is -0.387 e. The van der Waals surface area contributed by atoms with E-state index in [1.165, 1.54) is 5.56 Å². The van der Waals surface area contributed by atoms with Crippen molar-refractivity contribution in [1.82, 2.24) is 4.90 Å². The van der Waals surface area contributed by atoms with E-state index < -0.39 is 0 Å². The molecule has 2 aromatic carbocycles. The van der Waals surface area contributed by atoms with Crippen molar-refractivity contribution in [2.24, 2.45) is 5.16 Å².